The van der Waals surface area contributed by atoms with Gasteiger partial charge < -0.3 is 5.11 Å². The lowest BCUT2D eigenvalue weighted by Gasteiger charge is -2.05. The van der Waals surface area contributed by atoms with E-state index in [4.69, 9.17) is 5.11 Å². The number of carboxylic acid groups (broad SMARTS) is 1. The first-order chi connectivity index (χ1) is 9.47. The Morgan fingerprint density at radius 2 is 2.15 bits per heavy atom. The zero-order valence-corrected chi connectivity index (χ0v) is 11.1. The minimum Gasteiger partial charge on any atom is -0.478 e. The molecule has 2 rings (SSSR count). The lowest BCUT2D eigenvalue weighted by molar-refractivity contribution is -0.384. The van der Waals surface area contributed by atoms with E-state index >= 15 is 0 Å². The summed E-state index contributed by atoms with van der Waals surface area (Å²) in [5.41, 5.74) is 0.340. The van der Waals surface area contributed by atoms with E-state index in [-0.39, 0.29) is 11.3 Å². The molecule has 1 aromatic heterocycles. The van der Waals surface area contributed by atoms with Gasteiger partial charge in [-0.2, -0.15) is 0 Å². The van der Waals surface area contributed by atoms with Crippen LogP contribution < -0.4 is 0 Å². The number of aryl methyl sites for hydroxylation is 1. The normalized spacial score (nSPS) is 10.2. The first-order valence-corrected chi connectivity index (χ1v) is 6.28. The predicted octanol–water partition coefficient (Wildman–Crippen LogP) is 2.54. The van der Waals surface area contributed by atoms with E-state index in [1.54, 1.807) is 19.2 Å². The van der Waals surface area contributed by atoms with Gasteiger partial charge in [-0.25, -0.2) is 14.8 Å². The van der Waals surface area contributed by atoms with Gasteiger partial charge in [0.2, 0.25) is 0 Å². The molecule has 0 aliphatic heterocycles. The number of hydrogen-bond acceptors (Lipinski definition) is 6. The molecule has 0 amide bonds. The molecule has 1 aromatic carbocycles. The minimum absolute atomic E-state index is 0.144. The van der Waals surface area contributed by atoms with Crippen molar-refractivity contribution >= 4 is 23.4 Å². The third kappa shape index (κ3) is 3.09. The van der Waals surface area contributed by atoms with Crippen LogP contribution in [0.15, 0.2) is 40.5 Å². The van der Waals surface area contributed by atoms with Crippen LogP contribution in [0.2, 0.25) is 0 Å². The fourth-order valence-electron chi connectivity index (χ4n) is 1.46. The highest BCUT2D eigenvalue weighted by atomic mass is 32.2. The standard InChI is InChI=1S/C12H9N3O4S/c1-7-4-5-13-12(14-7)20-10-3-2-8(15(18)19)6-9(10)11(16)17/h2-6H,1H3,(H,16,17). The Bertz CT molecular complexity index is 690. The molecule has 7 nitrogen and oxygen atoms in total. The number of nitrogens with zero attached hydrogens (tertiary/aromatic N) is 3. The number of hydrogen-bond donors (Lipinski definition) is 1. The van der Waals surface area contributed by atoms with Gasteiger partial charge in [-0.3, -0.25) is 10.1 Å². The van der Waals surface area contributed by atoms with E-state index in [2.05, 4.69) is 9.97 Å². The van der Waals surface area contributed by atoms with Gasteiger partial charge in [-0.05, 0) is 30.8 Å². The lowest BCUT2D eigenvalue weighted by atomic mass is 10.2. The van der Waals surface area contributed by atoms with Gasteiger partial charge in [0.1, 0.15) is 0 Å². The van der Waals surface area contributed by atoms with Crippen molar-refractivity contribution in [2.75, 3.05) is 0 Å². The first kappa shape index (κ1) is 13.9. The van der Waals surface area contributed by atoms with Gasteiger partial charge in [0.25, 0.3) is 5.69 Å². The van der Waals surface area contributed by atoms with Crippen LogP contribution >= 0.6 is 11.8 Å². The molecule has 0 saturated carbocycles. The van der Waals surface area contributed by atoms with Crippen LogP contribution in [0.1, 0.15) is 16.1 Å². The van der Waals surface area contributed by atoms with E-state index < -0.39 is 10.9 Å². The maximum absolute atomic E-state index is 11.2. The molecule has 102 valence electrons. The molecule has 0 radical (unpaired) electrons. The van der Waals surface area contributed by atoms with Crippen molar-refractivity contribution in [3.05, 3.63) is 51.8 Å². The number of rotatable bonds is 4. The molecule has 0 atom stereocenters. The summed E-state index contributed by atoms with van der Waals surface area (Å²) < 4.78 is 0. The van der Waals surface area contributed by atoms with E-state index in [0.29, 0.717) is 10.1 Å². The van der Waals surface area contributed by atoms with Crippen molar-refractivity contribution in [3.63, 3.8) is 0 Å². The number of aromatic carboxylic acids is 1. The fourth-order valence-corrected chi connectivity index (χ4v) is 2.35. The molecule has 8 heteroatoms. The van der Waals surface area contributed by atoms with Gasteiger partial charge in [0.15, 0.2) is 5.16 Å². The molecule has 1 N–H and O–H groups in total. The number of non-ortho nitro benzene ring substituents is 1. The Labute approximate surface area is 117 Å². The molecule has 0 aliphatic carbocycles. The highest BCUT2D eigenvalue weighted by Crippen LogP contribution is 2.30. The molecule has 0 aliphatic rings. The Morgan fingerprint density at radius 3 is 2.75 bits per heavy atom. The van der Waals surface area contributed by atoms with Crippen molar-refractivity contribution in [3.8, 4) is 0 Å². The highest BCUT2D eigenvalue weighted by Gasteiger charge is 2.17. The largest absolute Gasteiger partial charge is 0.478 e. The predicted molar refractivity (Wildman–Crippen MR) is 70.9 cm³/mol. The minimum atomic E-state index is -1.23. The molecule has 2 aromatic rings. The molecule has 0 unspecified atom stereocenters. The third-order valence-corrected chi connectivity index (χ3v) is 3.33. The monoisotopic (exact) mass is 291 g/mol. The summed E-state index contributed by atoms with van der Waals surface area (Å²) in [5.74, 6) is -1.23. The van der Waals surface area contributed by atoms with E-state index in [9.17, 15) is 14.9 Å². The van der Waals surface area contributed by atoms with Crippen molar-refractivity contribution in [1.29, 1.82) is 0 Å². The molecule has 0 saturated heterocycles. The quantitative estimate of drug-likeness (QED) is 0.524. The van der Waals surface area contributed by atoms with Gasteiger partial charge in [-0.1, -0.05) is 0 Å². The third-order valence-electron chi connectivity index (χ3n) is 2.38. The molecule has 0 spiro atoms. The molecule has 0 fully saturated rings. The zero-order valence-electron chi connectivity index (χ0n) is 10.3. The SMILES string of the molecule is Cc1ccnc(Sc2ccc([N+](=O)[O-])cc2C(=O)O)n1. The Hall–Kier alpha value is -2.48. The van der Waals surface area contributed by atoms with Crippen LogP contribution in [0.4, 0.5) is 5.69 Å². The van der Waals surface area contributed by atoms with Crippen LogP contribution in [-0.4, -0.2) is 26.0 Å². The Balaban J connectivity index is 2.41. The van der Waals surface area contributed by atoms with Gasteiger partial charge in [0, 0.05) is 28.9 Å². The smallest absolute Gasteiger partial charge is 0.337 e. The zero-order chi connectivity index (χ0) is 14.7. The molecule has 20 heavy (non-hydrogen) atoms. The second-order valence-corrected chi connectivity index (χ2v) is 4.83. The van der Waals surface area contributed by atoms with Crippen LogP contribution in [0.25, 0.3) is 0 Å². The first-order valence-electron chi connectivity index (χ1n) is 5.46. The molecular formula is C12H9N3O4S. The van der Waals surface area contributed by atoms with Gasteiger partial charge in [-0.15, -0.1) is 0 Å². The van der Waals surface area contributed by atoms with E-state index in [1.807, 2.05) is 0 Å². The highest BCUT2D eigenvalue weighted by molar-refractivity contribution is 7.99. The number of nitro groups is 1. The van der Waals surface area contributed by atoms with E-state index in [1.165, 1.54) is 12.1 Å². The average molecular weight is 291 g/mol. The average Bonchev–Trinajstić information content (AvgIpc) is 2.38. The van der Waals surface area contributed by atoms with Crippen LogP contribution in [-0.2, 0) is 0 Å². The molecular weight excluding hydrogens is 282 g/mol. The Kier molecular flexibility index (Phi) is 3.94. The summed E-state index contributed by atoms with van der Waals surface area (Å²) in [5, 5.41) is 20.2. The molecule has 1 heterocycles. The lowest BCUT2D eigenvalue weighted by Crippen LogP contribution is -2.01. The van der Waals surface area contributed by atoms with Crippen molar-refractivity contribution < 1.29 is 14.8 Å². The van der Waals surface area contributed by atoms with Gasteiger partial charge >= 0.3 is 5.97 Å². The second kappa shape index (κ2) is 5.66. The summed E-state index contributed by atoms with van der Waals surface area (Å²) in [6.45, 7) is 1.79. The number of carbonyl (C=O) groups is 1. The van der Waals surface area contributed by atoms with Crippen molar-refractivity contribution in [1.82, 2.24) is 9.97 Å². The number of benzene rings is 1. The maximum atomic E-state index is 11.2. The van der Waals surface area contributed by atoms with Crippen LogP contribution in [0, 0.1) is 17.0 Å². The van der Waals surface area contributed by atoms with Crippen LogP contribution in [0.3, 0.4) is 0 Å². The summed E-state index contributed by atoms with van der Waals surface area (Å²) in [6, 6.07) is 5.39. The second-order valence-electron chi connectivity index (χ2n) is 3.83. The fraction of sp³-hybridized carbons (Fsp3) is 0.0833. The topological polar surface area (TPSA) is 106 Å². The van der Waals surface area contributed by atoms with E-state index in [0.717, 1.165) is 23.5 Å². The number of carboxylic acids is 1. The number of aromatic nitrogens is 2. The molecule has 0 bridgehead atoms. The van der Waals surface area contributed by atoms with Crippen molar-refractivity contribution in [2.45, 2.75) is 17.0 Å². The number of nitro benzene ring substituents is 1. The summed E-state index contributed by atoms with van der Waals surface area (Å²) in [6.07, 6.45) is 1.57. The van der Waals surface area contributed by atoms with Crippen LogP contribution in [0.5, 0.6) is 0 Å². The van der Waals surface area contributed by atoms with Gasteiger partial charge in [0.05, 0.1) is 10.5 Å². The summed E-state index contributed by atoms with van der Waals surface area (Å²) in [4.78, 5) is 29.7. The summed E-state index contributed by atoms with van der Waals surface area (Å²) >= 11 is 1.05. The summed E-state index contributed by atoms with van der Waals surface area (Å²) in [7, 11) is 0. The van der Waals surface area contributed by atoms with Crippen molar-refractivity contribution in [2.24, 2.45) is 0 Å². The Morgan fingerprint density at radius 1 is 1.40 bits per heavy atom. The maximum Gasteiger partial charge on any atom is 0.337 e.